The topological polar surface area (TPSA) is 89.7 Å². The molecule has 2 fully saturated rings. The Kier molecular flexibility index (Phi) is 3.65. The van der Waals surface area contributed by atoms with Crippen LogP contribution in [-0.2, 0) is 0 Å². The number of anilines is 1. The zero-order valence-electron chi connectivity index (χ0n) is 14.5. The summed E-state index contributed by atoms with van der Waals surface area (Å²) in [6, 6.07) is 10.1. The normalized spacial score (nSPS) is 18.4. The number of aromatic nitrogens is 4. The Morgan fingerprint density at radius 2 is 1.88 bits per heavy atom. The first-order valence-corrected chi connectivity index (χ1v) is 9.32. The average Bonchev–Trinajstić information content (AvgIpc) is 3.24. The summed E-state index contributed by atoms with van der Waals surface area (Å²) in [6.07, 6.45) is 4.38. The van der Waals surface area contributed by atoms with Crippen LogP contribution in [0.1, 0.15) is 47.8 Å². The number of hydrogen-bond acceptors (Lipinski definition) is 4. The van der Waals surface area contributed by atoms with E-state index < -0.39 is 0 Å². The van der Waals surface area contributed by atoms with E-state index in [1.807, 2.05) is 24.3 Å². The van der Waals surface area contributed by atoms with Gasteiger partial charge in [-0.1, -0.05) is 18.2 Å². The molecule has 0 bridgehead atoms. The predicted molar refractivity (Wildman–Crippen MR) is 99.4 cm³/mol. The zero-order chi connectivity index (χ0) is 17.5. The van der Waals surface area contributed by atoms with E-state index in [4.69, 9.17) is 0 Å². The molecule has 1 aliphatic carbocycles. The van der Waals surface area contributed by atoms with Crippen LogP contribution in [0.25, 0.3) is 10.9 Å². The number of rotatable bonds is 4. The first-order chi connectivity index (χ1) is 12.8. The molecule has 7 heteroatoms. The molecular formula is C19H22N6O. The Balaban J connectivity index is 1.20. The smallest absolute Gasteiger partial charge is 0.272 e. The molecule has 0 atom stereocenters. The third-order valence-electron chi connectivity index (χ3n) is 5.44. The van der Waals surface area contributed by atoms with E-state index in [0.29, 0.717) is 11.6 Å². The molecule has 0 unspecified atom stereocenters. The highest BCUT2D eigenvalue weighted by atomic mass is 16.2. The summed E-state index contributed by atoms with van der Waals surface area (Å²) in [5, 5.41) is 18.7. The molecule has 3 aromatic rings. The third kappa shape index (κ3) is 2.83. The average molecular weight is 350 g/mol. The molecule has 2 aromatic heterocycles. The van der Waals surface area contributed by atoms with Crippen LogP contribution in [0.4, 0.5) is 5.82 Å². The van der Waals surface area contributed by atoms with Crippen molar-refractivity contribution in [1.29, 1.82) is 0 Å². The van der Waals surface area contributed by atoms with Gasteiger partial charge in [-0.2, -0.15) is 10.2 Å². The third-order valence-corrected chi connectivity index (χ3v) is 5.44. The molecule has 1 aliphatic heterocycles. The number of piperidine rings is 1. The van der Waals surface area contributed by atoms with Crippen LogP contribution in [0, 0.1) is 0 Å². The number of carbonyl (C=O) groups excluding carboxylic acids is 1. The lowest BCUT2D eigenvalue weighted by molar-refractivity contribution is 0.0927. The minimum Gasteiger partial charge on any atom is -0.355 e. The van der Waals surface area contributed by atoms with E-state index in [-0.39, 0.29) is 11.9 Å². The molecule has 2 aliphatic rings. The molecule has 26 heavy (non-hydrogen) atoms. The number of H-pyrrole nitrogens is 2. The van der Waals surface area contributed by atoms with Gasteiger partial charge >= 0.3 is 0 Å². The van der Waals surface area contributed by atoms with Crippen LogP contribution in [0.2, 0.25) is 0 Å². The van der Waals surface area contributed by atoms with Gasteiger partial charge in [0.05, 0.1) is 5.52 Å². The maximum Gasteiger partial charge on any atom is 0.272 e. The standard InChI is InChI=1S/C19H22N6O/c26-19(18-14-3-1-2-4-15(14)21-24-18)20-13-7-9-25(10-8-13)17-11-16(22-23-17)12-5-6-12/h1-4,11-13H,5-10H2,(H,20,26)(H,21,24)(H,22,23). The summed E-state index contributed by atoms with van der Waals surface area (Å²) in [4.78, 5) is 14.9. The Bertz CT molecular complexity index is 932. The molecule has 1 saturated heterocycles. The molecule has 0 spiro atoms. The van der Waals surface area contributed by atoms with Crippen molar-refractivity contribution in [3.8, 4) is 0 Å². The van der Waals surface area contributed by atoms with Crippen molar-refractivity contribution in [3.05, 3.63) is 41.7 Å². The molecule has 134 valence electrons. The number of fused-ring (bicyclic) bond motifs is 1. The maximum atomic E-state index is 12.6. The van der Waals surface area contributed by atoms with Crippen molar-refractivity contribution in [2.24, 2.45) is 0 Å². The van der Waals surface area contributed by atoms with Gasteiger partial charge in [0, 0.05) is 42.2 Å². The van der Waals surface area contributed by atoms with Gasteiger partial charge in [-0.25, -0.2) is 0 Å². The quantitative estimate of drug-likeness (QED) is 0.674. The van der Waals surface area contributed by atoms with Gasteiger partial charge in [0.15, 0.2) is 11.5 Å². The number of amides is 1. The summed E-state index contributed by atoms with van der Waals surface area (Å²) in [6.45, 7) is 1.81. The maximum absolute atomic E-state index is 12.6. The molecule has 0 radical (unpaired) electrons. The van der Waals surface area contributed by atoms with Gasteiger partial charge < -0.3 is 10.2 Å². The van der Waals surface area contributed by atoms with Crippen LogP contribution >= 0.6 is 0 Å². The molecule has 3 N–H and O–H groups in total. The van der Waals surface area contributed by atoms with E-state index in [2.05, 4.69) is 36.7 Å². The summed E-state index contributed by atoms with van der Waals surface area (Å²) in [7, 11) is 0. The number of nitrogens with zero attached hydrogens (tertiary/aromatic N) is 3. The van der Waals surface area contributed by atoms with Gasteiger partial charge in [-0.3, -0.25) is 15.0 Å². The van der Waals surface area contributed by atoms with Crippen LogP contribution < -0.4 is 10.2 Å². The van der Waals surface area contributed by atoms with Crippen LogP contribution in [0.3, 0.4) is 0 Å². The number of nitrogens with one attached hydrogen (secondary N) is 3. The lowest BCUT2D eigenvalue weighted by Gasteiger charge is -2.32. The summed E-state index contributed by atoms with van der Waals surface area (Å²) >= 11 is 0. The van der Waals surface area contributed by atoms with Crippen molar-refractivity contribution in [1.82, 2.24) is 25.7 Å². The van der Waals surface area contributed by atoms with Gasteiger partial charge in [-0.15, -0.1) is 0 Å². The molecule has 3 heterocycles. The molecule has 1 aromatic carbocycles. The lowest BCUT2D eigenvalue weighted by atomic mass is 10.0. The Morgan fingerprint density at radius 1 is 1.08 bits per heavy atom. The van der Waals surface area contributed by atoms with Crippen LogP contribution in [0.15, 0.2) is 30.3 Å². The van der Waals surface area contributed by atoms with Gasteiger partial charge in [0.1, 0.15) is 0 Å². The first-order valence-electron chi connectivity index (χ1n) is 9.32. The summed E-state index contributed by atoms with van der Waals surface area (Å²) in [5.74, 6) is 1.63. The molecule has 5 rings (SSSR count). The fourth-order valence-corrected chi connectivity index (χ4v) is 3.73. The van der Waals surface area contributed by atoms with Crippen molar-refractivity contribution >= 4 is 22.6 Å². The second-order valence-corrected chi connectivity index (χ2v) is 7.31. The molecule has 7 nitrogen and oxygen atoms in total. The highest BCUT2D eigenvalue weighted by Crippen LogP contribution is 2.40. The van der Waals surface area contributed by atoms with Crippen molar-refractivity contribution in [2.45, 2.75) is 37.6 Å². The minimum absolute atomic E-state index is 0.100. The van der Waals surface area contributed by atoms with Gasteiger partial charge in [-0.05, 0) is 31.7 Å². The van der Waals surface area contributed by atoms with Crippen LogP contribution in [0.5, 0.6) is 0 Å². The monoisotopic (exact) mass is 350 g/mol. The fraction of sp³-hybridized carbons (Fsp3) is 0.421. The summed E-state index contributed by atoms with van der Waals surface area (Å²) < 4.78 is 0. The van der Waals surface area contributed by atoms with Crippen molar-refractivity contribution in [3.63, 3.8) is 0 Å². The van der Waals surface area contributed by atoms with E-state index >= 15 is 0 Å². The molecule has 1 saturated carbocycles. The van der Waals surface area contributed by atoms with E-state index in [1.165, 1.54) is 18.5 Å². The van der Waals surface area contributed by atoms with Crippen molar-refractivity contribution in [2.75, 3.05) is 18.0 Å². The zero-order valence-corrected chi connectivity index (χ0v) is 14.5. The van der Waals surface area contributed by atoms with Crippen molar-refractivity contribution < 1.29 is 4.79 Å². The second kappa shape index (κ2) is 6.16. The second-order valence-electron chi connectivity index (χ2n) is 7.31. The van der Waals surface area contributed by atoms with E-state index in [1.54, 1.807) is 0 Å². The number of aromatic amines is 2. The SMILES string of the molecule is O=C(NC1CCN(c2cc(C3CC3)[nH]n2)CC1)c1n[nH]c2ccccc12. The molecule has 1 amide bonds. The van der Waals surface area contributed by atoms with E-state index in [9.17, 15) is 4.79 Å². The molecular weight excluding hydrogens is 328 g/mol. The first kappa shape index (κ1) is 15.4. The Hall–Kier alpha value is -2.83. The summed E-state index contributed by atoms with van der Waals surface area (Å²) in [5.41, 5.74) is 2.63. The van der Waals surface area contributed by atoms with Crippen LogP contribution in [-0.4, -0.2) is 45.4 Å². The van der Waals surface area contributed by atoms with Gasteiger partial charge in [0.25, 0.3) is 5.91 Å². The largest absolute Gasteiger partial charge is 0.355 e. The number of para-hydroxylation sites is 1. The minimum atomic E-state index is -0.100. The highest BCUT2D eigenvalue weighted by molar-refractivity contribution is 6.04. The predicted octanol–water partition coefficient (Wildman–Crippen LogP) is 2.56. The lowest BCUT2D eigenvalue weighted by Crippen LogP contribution is -2.45. The fourth-order valence-electron chi connectivity index (χ4n) is 3.73. The van der Waals surface area contributed by atoms with E-state index in [0.717, 1.165) is 42.7 Å². The Morgan fingerprint density at radius 3 is 2.69 bits per heavy atom. The highest BCUT2D eigenvalue weighted by Gasteiger charge is 2.28. The van der Waals surface area contributed by atoms with Gasteiger partial charge in [0.2, 0.25) is 0 Å². The number of benzene rings is 1. The Labute approximate surface area is 151 Å². The number of hydrogen-bond donors (Lipinski definition) is 3. The number of carbonyl (C=O) groups is 1.